The second-order valence-electron chi connectivity index (χ2n) is 3.90. The van der Waals surface area contributed by atoms with E-state index in [1.807, 2.05) is 0 Å². The Balaban J connectivity index is 3.35. The van der Waals surface area contributed by atoms with Gasteiger partial charge in [0, 0.05) is 17.6 Å². The number of rotatable bonds is 4. The first-order chi connectivity index (χ1) is 8.58. The summed E-state index contributed by atoms with van der Waals surface area (Å²) in [6.45, 7) is 1.41. The molecule has 108 valence electrons. The molecule has 19 heavy (non-hydrogen) atoms. The van der Waals surface area contributed by atoms with E-state index >= 15 is 0 Å². The predicted octanol–water partition coefficient (Wildman–Crippen LogP) is 1.98. The number of benzene rings is 1. The second-order valence-corrected chi connectivity index (χ2v) is 6.02. The molecule has 1 aromatic carbocycles. The van der Waals surface area contributed by atoms with Gasteiger partial charge in [0.25, 0.3) is 0 Å². The quantitative estimate of drug-likeness (QED) is 0.892. The molecule has 0 aromatic heterocycles. The molecule has 0 aliphatic rings. The largest absolute Gasteiger partial charge is 0.417 e. The van der Waals surface area contributed by atoms with Crippen molar-refractivity contribution in [1.29, 1.82) is 0 Å². The fraction of sp³-hybridized carbons (Fsp3) is 0.400. The number of nitrogens with two attached hydrogens (primary N) is 1. The monoisotopic (exact) mass is 316 g/mol. The van der Waals surface area contributed by atoms with Crippen molar-refractivity contribution in [3.63, 3.8) is 0 Å². The highest BCUT2D eigenvalue weighted by atomic mass is 35.5. The molecule has 0 bridgehead atoms. The van der Waals surface area contributed by atoms with Crippen molar-refractivity contribution in [3.8, 4) is 0 Å². The molecule has 0 amide bonds. The summed E-state index contributed by atoms with van der Waals surface area (Å²) >= 11 is 5.47. The molecular weight excluding hydrogens is 305 g/mol. The smallest absolute Gasteiger partial charge is 0.329 e. The van der Waals surface area contributed by atoms with Crippen molar-refractivity contribution >= 4 is 21.6 Å². The van der Waals surface area contributed by atoms with Gasteiger partial charge in [-0.1, -0.05) is 11.6 Å². The van der Waals surface area contributed by atoms with E-state index < -0.39 is 32.7 Å². The van der Waals surface area contributed by atoms with Gasteiger partial charge in [0.05, 0.1) is 10.5 Å². The van der Waals surface area contributed by atoms with Crippen LogP contribution < -0.4 is 10.5 Å². The summed E-state index contributed by atoms with van der Waals surface area (Å²) < 4.78 is 64.2. The zero-order valence-corrected chi connectivity index (χ0v) is 11.4. The zero-order valence-electron chi connectivity index (χ0n) is 9.83. The fourth-order valence-electron chi connectivity index (χ4n) is 1.33. The van der Waals surface area contributed by atoms with Gasteiger partial charge in [-0.15, -0.1) is 0 Å². The molecule has 1 aromatic rings. The van der Waals surface area contributed by atoms with Crippen LogP contribution in [-0.4, -0.2) is 21.0 Å². The Labute approximate surface area is 113 Å². The highest BCUT2D eigenvalue weighted by molar-refractivity contribution is 7.89. The lowest BCUT2D eigenvalue weighted by atomic mass is 10.2. The maximum atomic E-state index is 12.8. The summed E-state index contributed by atoms with van der Waals surface area (Å²) in [5.41, 5.74) is 3.93. The Morgan fingerprint density at radius 1 is 1.42 bits per heavy atom. The number of sulfonamides is 1. The number of nitrogens with one attached hydrogen (secondary N) is 1. The lowest BCUT2D eigenvalue weighted by Crippen LogP contribution is -2.38. The summed E-state index contributed by atoms with van der Waals surface area (Å²) in [6.07, 6.45) is -4.82. The first-order valence-corrected chi connectivity index (χ1v) is 7.03. The first kappa shape index (κ1) is 16.2. The molecule has 9 heteroatoms. The Hall–Kier alpha value is -0.830. The SMILES string of the molecule is C[C@H](CN)NS(=O)(=O)c1ccc(Cl)cc1C(F)(F)F. The van der Waals surface area contributed by atoms with E-state index in [-0.39, 0.29) is 11.6 Å². The van der Waals surface area contributed by atoms with Crippen LogP contribution in [0.25, 0.3) is 0 Å². The predicted molar refractivity (Wildman–Crippen MR) is 65.3 cm³/mol. The third-order valence-electron chi connectivity index (χ3n) is 2.25. The number of hydrogen-bond acceptors (Lipinski definition) is 3. The minimum Gasteiger partial charge on any atom is -0.329 e. The molecule has 3 N–H and O–H groups in total. The van der Waals surface area contributed by atoms with Gasteiger partial charge in [-0.3, -0.25) is 0 Å². The van der Waals surface area contributed by atoms with Crippen LogP contribution in [0.1, 0.15) is 12.5 Å². The molecule has 0 saturated carbocycles. The maximum Gasteiger partial charge on any atom is 0.417 e. The molecule has 0 radical (unpaired) electrons. The summed E-state index contributed by atoms with van der Waals surface area (Å²) in [5.74, 6) is 0. The van der Waals surface area contributed by atoms with Crippen LogP contribution in [0.2, 0.25) is 5.02 Å². The summed E-state index contributed by atoms with van der Waals surface area (Å²) in [6, 6.07) is 1.79. The van der Waals surface area contributed by atoms with Crippen LogP contribution >= 0.6 is 11.6 Å². The fourth-order valence-corrected chi connectivity index (χ4v) is 2.97. The van der Waals surface area contributed by atoms with Gasteiger partial charge in [-0.2, -0.15) is 13.2 Å². The van der Waals surface area contributed by atoms with E-state index in [0.717, 1.165) is 12.1 Å². The van der Waals surface area contributed by atoms with E-state index in [1.54, 1.807) is 0 Å². The van der Waals surface area contributed by atoms with Gasteiger partial charge in [-0.25, -0.2) is 13.1 Å². The molecule has 0 fully saturated rings. The van der Waals surface area contributed by atoms with Crippen molar-refractivity contribution < 1.29 is 21.6 Å². The lowest BCUT2D eigenvalue weighted by molar-refractivity contribution is -0.139. The third-order valence-corrected chi connectivity index (χ3v) is 4.13. The van der Waals surface area contributed by atoms with E-state index in [1.165, 1.54) is 6.92 Å². The second kappa shape index (κ2) is 5.66. The van der Waals surface area contributed by atoms with Crippen molar-refractivity contribution in [3.05, 3.63) is 28.8 Å². The summed E-state index contributed by atoms with van der Waals surface area (Å²) in [5, 5.41) is -0.196. The molecule has 0 spiro atoms. The Kier molecular flexibility index (Phi) is 4.83. The number of alkyl halides is 3. The zero-order chi connectivity index (χ0) is 14.8. The Morgan fingerprint density at radius 2 is 2.00 bits per heavy atom. The number of hydrogen-bond donors (Lipinski definition) is 2. The Bertz CT molecular complexity index is 560. The van der Waals surface area contributed by atoms with E-state index in [9.17, 15) is 21.6 Å². The van der Waals surface area contributed by atoms with Crippen molar-refractivity contribution in [2.45, 2.75) is 24.0 Å². The van der Waals surface area contributed by atoms with Gasteiger partial charge in [0.2, 0.25) is 10.0 Å². The Morgan fingerprint density at radius 3 is 2.47 bits per heavy atom. The summed E-state index contributed by atoms with van der Waals surface area (Å²) in [4.78, 5) is -0.871. The molecule has 0 aliphatic heterocycles. The average molecular weight is 317 g/mol. The molecule has 0 saturated heterocycles. The first-order valence-electron chi connectivity index (χ1n) is 5.17. The average Bonchev–Trinajstić information content (AvgIpc) is 2.26. The minimum absolute atomic E-state index is 0.0336. The van der Waals surface area contributed by atoms with Crippen molar-refractivity contribution in [2.75, 3.05) is 6.54 Å². The topological polar surface area (TPSA) is 72.2 Å². The molecule has 4 nitrogen and oxygen atoms in total. The van der Waals surface area contributed by atoms with Gasteiger partial charge < -0.3 is 5.73 Å². The van der Waals surface area contributed by atoms with Gasteiger partial charge in [0.1, 0.15) is 0 Å². The minimum atomic E-state index is -4.82. The van der Waals surface area contributed by atoms with Crippen LogP contribution in [0.3, 0.4) is 0 Å². The van der Waals surface area contributed by atoms with E-state index in [2.05, 4.69) is 4.72 Å². The lowest BCUT2D eigenvalue weighted by Gasteiger charge is -2.16. The van der Waals surface area contributed by atoms with Crippen LogP contribution in [0.5, 0.6) is 0 Å². The van der Waals surface area contributed by atoms with Crippen LogP contribution in [0, 0.1) is 0 Å². The molecule has 0 heterocycles. The van der Waals surface area contributed by atoms with Crippen LogP contribution in [0.4, 0.5) is 13.2 Å². The molecule has 1 atom stereocenters. The van der Waals surface area contributed by atoms with Gasteiger partial charge >= 0.3 is 6.18 Å². The van der Waals surface area contributed by atoms with Crippen LogP contribution in [0.15, 0.2) is 23.1 Å². The molecular formula is C10H12ClF3N2O2S. The molecule has 0 unspecified atom stereocenters. The third kappa shape index (κ3) is 4.07. The normalized spacial score (nSPS) is 14.4. The van der Waals surface area contributed by atoms with E-state index in [0.29, 0.717) is 6.07 Å². The highest BCUT2D eigenvalue weighted by Crippen LogP contribution is 2.35. The highest BCUT2D eigenvalue weighted by Gasteiger charge is 2.37. The number of halogens is 4. The standard InChI is InChI=1S/C10H12ClF3N2O2S/c1-6(5-15)16-19(17,18)9-3-2-7(11)4-8(9)10(12,13)14/h2-4,6,16H,5,15H2,1H3/t6-/m1/s1. The van der Waals surface area contributed by atoms with Crippen molar-refractivity contribution in [1.82, 2.24) is 4.72 Å². The van der Waals surface area contributed by atoms with Crippen LogP contribution in [-0.2, 0) is 16.2 Å². The van der Waals surface area contributed by atoms with Gasteiger partial charge in [0.15, 0.2) is 0 Å². The van der Waals surface area contributed by atoms with Crippen molar-refractivity contribution in [2.24, 2.45) is 5.73 Å². The summed E-state index contributed by atoms with van der Waals surface area (Å²) in [7, 11) is -4.31. The molecule has 0 aliphatic carbocycles. The van der Waals surface area contributed by atoms with E-state index in [4.69, 9.17) is 17.3 Å². The maximum absolute atomic E-state index is 12.8. The molecule has 1 rings (SSSR count). The van der Waals surface area contributed by atoms with Gasteiger partial charge in [-0.05, 0) is 25.1 Å².